The number of hydrogen-bond donors (Lipinski definition) is 3. The number of amides is 4. The molecule has 1 heterocycles. The molecule has 0 aromatic heterocycles. The Morgan fingerprint density at radius 1 is 1.02 bits per heavy atom. The smallest absolute Gasteiger partial charge is 0.321 e. The molecule has 1 aliphatic heterocycles. The lowest BCUT2D eigenvalue weighted by molar-refractivity contribution is -0.133. The molecule has 4 N–H and O–H groups in total. The summed E-state index contributed by atoms with van der Waals surface area (Å²) in [6.07, 6.45) is 0.902. The zero-order chi connectivity index (χ0) is 33.9. The zero-order valence-electron chi connectivity index (χ0n) is 26.1. The third-order valence-electron chi connectivity index (χ3n) is 7.80. The number of sulfone groups is 1. The van der Waals surface area contributed by atoms with Gasteiger partial charge in [0.1, 0.15) is 11.9 Å². The molecule has 0 spiro atoms. The molecule has 0 bridgehead atoms. The number of benzene rings is 3. The van der Waals surface area contributed by atoms with Gasteiger partial charge in [0.25, 0.3) is 0 Å². The van der Waals surface area contributed by atoms with E-state index in [2.05, 4.69) is 10.6 Å². The molecular weight excluding hydrogens is 620 g/mol. The Balaban J connectivity index is 1.84. The van der Waals surface area contributed by atoms with E-state index in [1.807, 2.05) is 0 Å². The number of carbonyl (C=O) groups excluding carboxylic acids is 3. The van der Waals surface area contributed by atoms with Crippen LogP contribution in [0.5, 0.6) is 5.75 Å². The van der Waals surface area contributed by atoms with Crippen molar-refractivity contribution in [3.05, 3.63) is 82.9 Å². The molecule has 0 radical (unpaired) electrons. The topological polar surface area (TPSA) is 151 Å². The molecule has 11 nitrogen and oxygen atoms in total. The summed E-state index contributed by atoms with van der Waals surface area (Å²) >= 11 is 0. The molecule has 0 saturated carbocycles. The first kappa shape index (κ1) is 34.2. The molecule has 0 aliphatic carbocycles. The van der Waals surface area contributed by atoms with E-state index < -0.39 is 56.7 Å². The fraction of sp³-hybridized carbons (Fsp3) is 0.344. The van der Waals surface area contributed by atoms with Gasteiger partial charge in [-0.25, -0.2) is 22.0 Å². The van der Waals surface area contributed by atoms with Crippen molar-refractivity contribution in [2.45, 2.75) is 48.9 Å². The number of ether oxygens (including phenoxy) is 1. The molecule has 2 atom stereocenters. The highest BCUT2D eigenvalue weighted by atomic mass is 32.2. The number of nitrogens with zero attached hydrogens (tertiary/aromatic N) is 2. The van der Waals surface area contributed by atoms with Crippen molar-refractivity contribution in [2.24, 2.45) is 5.73 Å². The van der Waals surface area contributed by atoms with E-state index in [0.29, 0.717) is 24.1 Å². The molecule has 1 saturated heterocycles. The maximum Gasteiger partial charge on any atom is 0.321 e. The van der Waals surface area contributed by atoms with Crippen LogP contribution in [0.2, 0.25) is 0 Å². The molecule has 4 amide bonds. The average Bonchev–Trinajstić information content (AvgIpc) is 3.50. The lowest BCUT2D eigenvalue weighted by Crippen LogP contribution is -2.38. The van der Waals surface area contributed by atoms with Crippen LogP contribution >= 0.6 is 0 Å². The first-order chi connectivity index (χ1) is 21.6. The van der Waals surface area contributed by atoms with E-state index in [0.717, 1.165) is 12.1 Å². The van der Waals surface area contributed by atoms with E-state index in [4.69, 9.17) is 10.5 Å². The second-order valence-electron chi connectivity index (χ2n) is 11.4. The molecule has 3 aromatic carbocycles. The summed E-state index contributed by atoms with van der Waals surface area (Å²) in [4.78, 5) is 41.6. The number of rotatable bonds is 10. The maximum atomic E-state index is 15.0. The van der Waals surface area contributed by atoms with Gasteiger partial charge >= 0.3 is 6.03 Å². The third-order valence-corrected chi connectivity index (χ3v) is 10.0. The minimum absolute atomic E-state index is 0.00838. The predicted molar refractivity (Wildman–Crippen MR) is 169 cm³/mol. The Hall–Kier alpha value is -4.72. The minimum atomic E-state index is -3.84. The summed E-state index contributed by atoms with van der Waals surface area (Å²) in [5.41, 5.74) is 6.06. The zero-order valence-corrected chi connectivity index (χ0v) is 27.0. The molecule has 46 heavy (non-hydrogen) atoms. The number of halogens is 2. The van der Waals surface area contributed by atoms with E-state index in [9.17, 15) is 27.2 Å². The van der Waals surface area contributed by atoms with Crippen molar-refractivity contribution in [3.8, 4) is 5.75 Å². The molecule has 246 valence electrons. The highest BCUT2D eigenvalue weighted by Crippen LogP contribution is 2.40. The number of likely N-dealkylation sites (tertiary alicyclic amines) is 1. The van der Waals surface area contributed by atoms with Gasteiger partial charge in [0.2, 0.25) is 11.8 Å². The molecule has 1 fully saturated rings. The van der Waals surface area contributed by atoms with Crippen molar-refractivity contribution < 1.29 is 36.3 Å². The third kappa shape index (κ3) is 7.06. The Morgan fingerprint density at radius 2 is 1.72 bits per heavy atom. The predicted octanol–water partition coefficient (Wildman–Crippen LogP) is 4.86. The van der Waals surface area contributed by atoms with Crippen molar-refractivity contribution >= 4 is 39.1 Å². The Bertz CT molecular complexity index is 1770. The SMILES string of the molecule is COc1cc([C@H](Nc2cc(C(N)=O)ccc2F)C(=O)N2CCC[C@@H]2c2cc(NC(=O)N(C)C)ccc2S(=O)(=O)C(C)C)ccc1F. The van der Waals surface area contributed by atoms with Gasteiger partial charge in [-0.05, 0) is 86.3 Å². The highest BCUT2D eigenvalue weighted by molar-refractivity contribution is 7.92. The Kier molecular flexibility index (Phi) is 10.2. The minimum Gasteiger partial charge on any atom is -0.494 e. The van der Waals surface area contributed by atoms with Crippen LogP contribution in [-0.2, 0) is 14.6 Å². The normalized spacial score (nSPS) is 15.4. The van der Waals surface area contributed by atoms with Crippen LogP contribution in [0.1, 0.15) is 60.3 Å². The fourth-order valence-electron chi connectivity index (χ4n) is 5.24. The van der Waals surface area contributed by atoms with Crippen molar-refractivity contribution in [1.82, 2.24) is 9.80 Å². The van der Waals surface area contributed by atoms with Crippen LogP contribution in [0.15, 0.2) is 59.5 Å². The van der Waals surface area contributed by atoms with Crippen LogP contribution < -0.4 is 21.1 Å². The highest BCUT2D eigenvalue weighted by Gasteiger charge is 2.38. The summed E-state index contributed by atoms with van der Waals surface area (Å²) in [7, 11) is 0.545. The molecule has 1 aliphatic rings. The monoisotopic (exact) mass is 657 g/mol. The van der Waals surface area contributed by atoms with Crippen LogP contribution in [0, 0.1) is 11.6 Å². The second kappa shape index (κ2) is 13.7. The summed E-state index contributed by atoms with van der Waals surface area (Å²) in [6, 6.07) is 9.12. The van der Waals surface area contributed by atoms with E-state index in [1.165, 1.54) is 53.3 Å². The van der Waals surface area contributed by atoms with Crippen molar-refractivity contribution in [1.29, 1.82) is 0 Å². The number of urea groups is 1. The van der Waals surface area contributed by atoms with Crippen molar-refractivity contribution in [3.63, 3.8) is 0 Å². The number of carbonyl (C=O) groups is 3. The molecule has 14 heteroatoms. The van der Waals surface area contributed by atoms with Crippen LogP contribution in [0.4, 0.5) is 25.0 Å². The van der Waals surface area contributed by atoms with E-state index in [-0.39, 0.29) is 34.0 Å². The van der Waals surface area contributed by atoms with E-state index in [1.54, 1.807) is 34.0 Å². The number of nitrogens with two attached hydrogens (primary N) is 1. The van der Waals surface area contributed by atoms with Gasteiger partial charge in [0, 0.05) is 31.9 Å². The summed E-state index contributed by atoms with van der Waals surface area (Å²) in [5, 5.41) is 4.81. The second-order valence-corrected chi connectivity index (χ2v) is 13.9. The lowest BCUT2D eigenvalue weighted by atomic mass is 10.0. The quantitative estimate of drug-likeness (QED) is 0.282. The molecule has 0 unspecified atom stereocenters. The van der Waals surface area contributed by atoms with Gasteiger partial charge in [0.05, 0.1) is 29.0 Å². The van der Waals surface area contributed by atoms with Crippen LogP contribution in [0.25, 0.3) is 0 Å². The van der Waals surface area contributed by atoms with Crippen LogP contribution in [0.3, 0.4) is 0 Å². The Labute approximate surface area is 266 Å². The number of primary amides is 1. The van der Waals surface area contributed by atoms with Crippen molar-refractivity contribution in [2.75, 3.05) is 38.4 Å². The number of methoxy groups -OCH3 is 1. The van der Waals surface area contributed by atoms with Crippen LogP contribution in [-0.4, -0.2) is 69.1 Å². The van der Waals surface area contributed by atoms with Gasteiger partial charge in [0.15, 0.2) is 21.4 Å². The average molecular weight is 658 g/mol. The first-order valence-corrected chi connectivity index (χ1v) is 16.1. The maximum absolute atomic E-state index is 15.0. The van der Waals surface area contributed by atoms with Gasteiger partial charge in [-0.1, -0.05) is 6.07 Å². The number of anilines is 2. The van der Waals surface area contributed by atoms with Gasteiger partial charge in [-0.3, -0.25) is 9.59 Å². The Morgan fingerprint density at radius 3 is 2.35 bits per heavy atom. The summed E-state index contributed by atoms with van der Waals surface area (Å²) in [6.45, 7) is 3.32. The van der Waals surface area contributed by atoms with Gasteiger partial charge in [-0.2, -0.15) is 0 Å². The number of nitrogens with one attached hydrogen (secondary N) is 2. The molecular formula is C32H37F2N5O6S. The number of hydrogen-bond acceptors (Lipinski definition) is 7. The lowest BCUT2D eigenvalue weighted by Gasteiger charge is -2.32. The fourth-order valence-corrected chi connectivity index (χ4v) is 6.53. The molecule has 4 rings (SSSR count). The van der Waals surface area contributed by atoms with E-state index >= 15 is 4.39 Å². The molecule has 3 aromatic rings. The first-order valence-electron chi connectivity index (χ1n) is 14.5. The largest absolute Gasteiger partial charge is 0.494 e. The standard InChI is InChI=1S/C32H37F2N5O6S/c1-18(2)46(43,44)28-13-10-21(36-32(42)38(3)4)17-22(28)26-7-6-14-39(26)31(41)29(19-8-12-24(34)27(16-19)45-5)37-25-15-20(30(35)40)9-11-23(25)33/h8-13,15-18,26,29,37H,6-7,14H2,1-5H3,(H2,35,40)(H,36,42)/t26-,29+/m1/s1. The summed E-state index contributed by atoms with van der Waals surface area (Å²) in [5.74, 6) is -3.00. The van der Waals surface area contributed by atoms with Gasteiger partial charge in [-0.15, -0.1) is 0 Å². The summed E-state index contributed by atoms with van der Waals surface area (Å²) < 4.78 is 61.6. The van der Waals surface area contributed by atoms with Gasteiger partial charge < -0.3 is 30.9 Å².